The number of carbonyl (C=O) groups excluding carboxylic acids is 12. The number of aromatic nitrogens is 4. The van der Waals surface area contributed by atoms with Crippen LogP contribution in [0.1, 0.15) is 218 Å². The van der Waals surface area contributed by atoms with Gasteiger partial charge in [-0.05, 0) is 251 Å². The van der Waals surface area contributed by atoms with Crippen molar-refractivity contribution < 1.29 is 773 Å². The van der Waals surface area contributed by atoms with E-state index >= 15 is 0 Å². The van der Waals surface area contributed by atoms with E-state index in [1.165, 1.54) is 48.6 Å². The zero-order valence-electron chi connectivity index (χ0n) is 78.8. The molecule has 0 saturated heterocycles. The molecular formula is C88H82K12N4O32. The van der Waals surface area contributed by atoms with Crippen molar-refractivity contribution >= 4 is 118 Å². The Morgan fingerprint density at radius 3 is 0.456 bits per heavy atom. The average molecular weight is 2180 g/mol. The van der Waals surface area contributed by atoms with Crippen LogP contribution in [0.4, 0.5) is 0 Å². The van der Waals surface area contributed by atoms with Crippen LogP contribution in [0.2, 0.25) is 0 Å². The van der Waals surface area contributed by atoms with Gasteiger partial charge in [-0.1, -0.05) is 0 Å². The number of benzene rings is 4. The Morgan fingerprint density at radius 1 is 0.206 bits per heavy atom. The molecule has 0 saturated carbocycles. The Labute approximate surface area is 1290 Å². The molecule has 0 fully saturated rings. The van der Waals surface area contributed by atoms with E-state index in [1.54, 1.807) is 0 Å². The Morgan fingerprint density at radius 2 is 0.338 bits per heavy atom. The van der Waals surface area contributed by atoms with Crippen molar-refractivity contribution in [1.82, 2.24) is 19.9 Å². The van der Waals surface area contributed by atoms with Crippen LogP contribution in [-0.2, 0) is 38.4 Å². The third kappa shape index (κ3) is 48.9. The van der Waals surface area contributed by atoms with Gasteiger partial charge in [0.15, 0.2) is 0 Å². The van der Waals surface area contributed by atoms with Crippen LogP contribution in [0.15, 0.2) is 72.8 Å². The van der Waals surface area contributed by atoms with E-state index in [9.17, 15) is 119 Å². The van der Waals surface area contributed by atoms with Crippen molar-refractivity contribution in [3.63, 3.8) is 0 Å². The van der Waals surface area contributed by atoms with Crippen molar-refractivity contribution in [3.05, 3.63) is 118 Å². The third-order valence-corrected chi connectivity index (χ3v) is 19.2. The number of nitrogens with zero attached hydrogens (tertiary/aromatic N) is 2. The number of unbranched alkanes of at least 4 members (excludes halogenated alkanes) is 8. The van der Waals surface area contributed by atoms with E-state index in [-0.39, 0.29) is 908 Å². The van der Waals surface area contributed by atoms with Crippen LogP contribution in [0.25, 0.3) is 90.9 Å². The van der Waals surface area contributed by atoms with Crippen molar-refractivity contribution in [2.24, 2.45) is 0 Å². The van der Waals surface area contributed by atoms with Crippen LogP contribution in [0.5, 0.6) is 46.0 Å². The fraction of sp³-hybridized carbons (Fsp3) is 0.364. The summed E-state index contributed by atoms with van der Waals surface area (Å²) in [5, 5.41) is 147. The third-order valence-electron chi connectivity index (χ3n) is 19.2. The molecule has 4 aromatic carbocycles. The molecule has 48 heteroatoms. The topological polar surface area (TPSA) is 613 Å². The molecule has 8 bridgehead atoms. The summed E-state index contributed by atoms with van der Waals surface area (Å²) >= 11 is 0. The van der Waals surface area contributed by atoms with Gasteiger partial charge in [0.25, 0.3) is 0 Å². The van der Waals surface area contributed by atoms with Crippen LogP contribution < -0.4 is 716 Å². The first-order valence-electron chi connectivity index (χ1n) is 39.8. The van der Waals surface area contributed by atoms with Crippen molar-refractivity contribution in [1.29, 1.82) is 0 Å². The summed E-state index contributed by atoms with van der Waals surface area (Å²) < 4.78 is 52.0. The molecule has 0 unspecified atom stereocenters. The summed E-state index contributed by atoms with van der Waals surface area (Å²) in [7, 11) is 0. The molecule has 658 valence electrons. The molecule has 0 amide bonds. The second-order valence-electron chi connectivity index (χ2n) is 28.5. The number of carboxylic acid groups (broad SMARTS) is 12. The number of hydrogen-bond donors (Lipinski definition) is 2. The Kier molecular flexibility index (Phi) is 85.8. The second-order valence-corrected chi connectivity index (χ2v) is 28.5. The smallest absolute Gasteiger partial charge is 0.550 e. The SMILES string of the molecule is O=C([O-])CCCCOc1cc(C(=O)[O-])cc(OCCCCC(=O)[O-])c1-c1c2nc(c(-c3c(OCCCCC(=O)[O-])cc(C(=O)[O-])cc3OCCCCC(=O)[O-])c3ccc([nH]3)c(-c3c(OCCCCC(=O)[O-])cc(C(=O)[O-])cc3OCCCCC(=O)[O-])c3nc(c(-c4c(OCCCCC(=O)[O-])cc(C(=O)[O-])cc4OCCCCC(=O)[O-])c4ccc1[nH]4)C=C3)C=C2.[K+].[K+].[K+].[K+].[K+].[K+].[K+].[K+].[K+].[K+].[K+].[K+]. The van der Waals surface area contributed by atoms with Gasteiger partial charge in [0.2, 0.25) is 0 Å². The van der Waals surface area contributed by atoms with Crippen molar-refractivity contribution in [2.75, 3.05) is 52.9 Å². The van der Waals surface area contributed by atoms with E-state index in [2.05, 4.69) is 9.97 Å². The van der Waals surface area contributed by atoms with E-state index in [1.807, 2.05) is 0 Å². The molecular weight excluding hydrogens is 2090 g/mol. The predicted octanol–water partition coefficient (Wildman–Crippen LogP) is -36.8. The number of aromatic amines is 2. The minimum atomic E-state index is -1.77. The standard InChI is InChI=1S/C88H94N4O32.12K/c93-69(94)17-1-9-33-117-61-41-49(85(109)110)42-62(118-34-10-2-18-70(95)96)81(61)77-53-25-27-55(89-53)78(82-63(119-35-11-3-19-71(97)98)43-50(86(111)112)44-64(82)120-36-12-4-20-72(99)100)57-29-31-59(91-57)80(84-67(123-39-15-7-23-75(105)106)47-52(88(115)116)48-68(84)124-40-16-8-24-76(107)108)60-32-30-58(92-60)79(56-28-26-54(77)90-56)83-65(121-37-13-5-21-73(101)102)45-51(87(113)114)46-66(83)122-38-14-6-22-74(103)104;;;;;;;;;;;;/h25-32,41-48,89,92H,1-24,33-40H2,(H,93,94)(H,95,96)(H,97,98)(H,99,100)(H,101,102)(H,103,104)(H,105,106)(H,107,108)(H,109,110)(H,111,112)(H,113,114)(H,115,116);;;;;;;;;;;;/q;12*+1/p-12. The van der Waals surface area contributed by atoms with Crippen molar-refractivity contribution in [3.8, 4) is 90.5 Å². The Bertz CT molecular complexity index is 4640. The normalized spacial score (nSPS) is 10.4. The monoisotopic (exact) mass is 2170 g/mol. The number of hydrogen-bond acceptors (Lipinski definition) is 34. The molecule has 9 rings (SSSR count). The number of carboxylic acids is 12. The van der Waals surface area contributed by atoms with Gasteiger partial charge in [0.05, 0.1) is 122 Å². The number of aliphatic carboxylic acids is 8. The van der Waals surface area contributed by atoms with Crippen molar-refractivity contribution in [2.45, 2.75) is 154 Å². The van der Waals surface area contributed by atoms with E-state index < -0.39 is 145 Å². The molecule has 36 nitrogen and oxygen atoms in total. The fourth-order valence-corrected chi connectivity index (χ4v) is 13.4. The molecule has 3 aromatic heterocycles. The van der Waals surface area contributed by atoms with Gasteiger partial charge in [-0.15, -0.1) is 0 Å². The quantitative estimate of drug-likeness (QED) is 0.0264. The number of H-pyrrole nitrogens is 2. The molecule has 0 radical (unpaired) electrons. The van der Waals surface area contributed by atoms with E-state index in [0.29, 0.717) is 0 Å². The summed E-state index contributed by atoms with van der Waals surface area (Å²) in [6.45, 7) is -2.67. The molecule has 2 aliphatic rings. The van der Waals surface area contributed by atoms with Crippen LogP contribution in [0.3, 0.4) is 0 Å². The Hall–Kier alpha value is 5.16. The zero-order valence-corrected chi connectivity index (χ0v) is 116. The molecule has 136 heavy (non-hydrogen) atoms. The van der Waals surface area contributed by atoms with Crippen LogP contribution in [-0.4, -0.2) is 144 Å². The zero-order chi connectivity index (χ0) is 89.5. The fourth-order valence-electron chi connectivity index (χ4n) is 13.4. The largest absolute Gasteiger partial charge is 1.00 e. The average Bonchev–Trinajstić information content (AvgIpc) is 1.33. The van der Waals surface area contributed by atoms with Gasteiger partial charge in [-0.3, -0.25) is 0 Å². The number of rotatable bonds is 56. The van der Waals surface area contributed by atoms with Gasteiger partial charge < -0.3 is 167 Å². The van der Waals surface area contributed by atoms with Gasteiger partial charge in [0, 0.05) is 114 Å². The summed E-state index contributed by atoms with van der Waals surface area (Å²) in [6, 6.07) is 14.6. The molecule has 7 aromatic rings. The first-order chi connectivity index (χ1) is 59.5. The Balaban J connectivity index is -0.00000726. The van der Waals surface area contributed by atoms with E-state index in [0.717, 1.165) is 48.5 Å². The van der Waals surface area contributed by atoms with Gasteiger partial charge in [0.1, 0.15) is 46.0 Å². The minimum Gasteiger partial charge on any atom is -0.550 e. The minimum absolute atomic E-state index is 0. The number of fused-ring (bicyclic) bond motifs is 8. The molecule has 2 N–H and O–H groups in total. The second kappa shape index (κ2) is 79.2. The van der Waals surface area contributed by atoms with Gasteiger partial charge >= 0.3 is 617 Å². The maximum Gasteiger partial charge on any atom is 1.00 e. The molecule has 0 aliphatic carbocycles. The maximum atomic E-state index is 13.3. The van der Waals surface area contributed by atoms with E-state index in [4.69, 9.17) is 47.9 Å². The summed E-state index contributed by atoms with van der Waals surface area (Å²) in [4.78, 5) is 165. The summed E-state index contributed by atoms with van der Waals surface area (Å²) in [5.74, 6) is -20.7. The summed E-state index contributed by atoms with van der Waals surface area (Å²) in [6.07, 6.45) is 2.10. The van der Waals surface area contributed by atoms with Crippen LogP contribution >= 0.6 is 0 Å². The number of nitrogens with one attached hydrogen (secondary N) is 2. The van der Waals surface area contributed by atoms with Gasteiger partial charge in [-0.2, -0.15) is 0 Å². The number of aromatic carboxylic acids is 4. The molecule has 0 spiro atoms. The summed E-state index contributed by atoms with van der Waals surface area (Å²) in [5.41, 5.74) is -3.48. The van der Waals surface area contributed by atoms with Crippen LogP contribution in [0, 0.1) is 0 Å². The van der Waals surface area contributed by atoms with Gasteiger partial charge in [-0.25, -0.2) is 9.97 Å². The maximum absolute atomic E-state index is 13.3. The molecule has 0 atom stereocenters. The first kappa shape index (κ1) is 147. The number of ether oxygens (including phenoxy) is 8. The number of carbonyl (C=O) groups is 12. The molecule has 5 heterocycles. The first-order valence-corrected chi connectivity index (χ1v) is 39.8. The molecule has 2 aliphatic heterocycles. The predicted molar refractivity (Wildman–Crippen MR) is 413 cm³/mol.